The Morgan fingerprint density at radius 3 is 2.49 bits per heavy atom. The van der Waals surface area contributed by atoms with Gasteiger partial charge >= 0.3 is 5.97 Å². The fourth-order valence-corrected chi connectivity index (χ4v) is 4.65. The molecule has 1 amide bonds. The van der Waals surface area contributed by atoms with E-state index in [1.807, 2.05) is 0 Å². The molecule has 0 atom stereocenters. The quantitative estimate of drug-likeness (QED) is 0.107. The topological polar surface area (TPSA) is 111 Å². The number of amides is 1. The third-order valence-corrected chi connectivity index (χ3v) is 6.78. The van der Waals surface area contributed by atoms with Crippen molar-refractivity contribution >= 4 is 62.6 Å². The summed E-state index contributed by atoms with van der Waals surface area (Å²) in [6, 6.07) is 18.2. The van der Waals surface area contributed by atoms with E-state index < -0.39 is 16.8 Å². The van der Waals surface area contributed by atoms with Crippen molar-refractivity contribution in [2.45, 2.75) is 6.61 Å². The van der Waals surface area contributed by atoms with Crippen LogP contribution in [0.1, 0.15) is 11.1 Å². The number of halogens is 1. The van der Waals surface area contributed by atoms with Gasteiger partial charge in [0.25, 0.3) is 11.6 Å². The normalized spacial score (nSPS) is 14.1. The standard InChI is InChI=1S/C27H22BrN3O7S/c1-36-21-9-7-19(8-10-21)30-26(33)23(29(27(30)39)15-25(32)37-2)14-17-6-11-24(22(28)13-17)38-16-18-4-3-5-20(12-18)31(34)35/h3-14H,15-16H2,1-2H3/b23-14-. The number of thiocarbonyl (C=S) groups is 1. The number of carbonyl (C=O) groups is 2. The lowest BCUT2D eigenvalue weighted by molar-refractivity contribution is -0.384. The monoisotopic (exact) mass is 611 g/mol. The summed E-state index contributed by atoms with van der Waals surface area (Å²) in [7, 11) is 2.80. The molecule has 12 heteroatoms. The highest BCUT2D eigenvalue weighted by Gasteiger charge is 2.40. The summed E-state index contributed by atoms with van der Waals surface area (Å²) in [6.07, 6.45) is 1.62. The zero-order valence-corrected chi connectivity index (χ0v) is 23.2. The largest absolute Gasteiger partial charge is 0.497 e. The molecular weight excluding hydrogens is 590 g/mol. The van der Waals surface area contributed by atoms with Crippen molar-refractivity contribution in [2.75, 3.05) is 25.7 Å². The molecule has 4 rings (SSSR count). The molecule has 1 saturated heterocycles. The molecule has 0 bridgehead atoms. The van der Waals surface area contributed by atoms with Crippen LogP contribution >= 0.6 is 28.1 Å². The smallest absolute Gasteiger partial charge is 0.325 e. The van der Waals surface area contributed by atoms with Crippen molar-refractivity contribution in [1.82, 2.24) is 4.90 Å². The van der Waals surface area contributed by atoms with E-state index >= 15 is 0 Å². The van der Waals surface area contributed by atoms with Gasteiger partial charge in [-0.15, -0.1) is 0 Å². The van der Waals surface area contributed by atoms with Gasteiger partial charge in [0.05, 0.1) is 29.3 Å². The Bertz CT molecular complexity index is 1480. The zero-order chi connectivity index (χ0) is 28.1. The molecule has 10 nitrogen and oxygen atoms in total. The first kappa shape index (κ1) is 27.7. The van der Waals surface area contributed by atoms with Crippen LogP contribution in [0.2, 0.25) is 0 Å². The number of methoxy groups -OCH3 is 2. The minimum atomic E-state index is -0.557. The molecule has 0 aliphatic carbocycles. The minimum Gasteiger partial charge on any atom is -0.497 e. The molecule has 0 unspecified atom stereocenters. The van der Waals surface area contributed by atoms with Crippen LogP contribution in [0, 0.1) is 10.1 Å². The van der Waals surface area contributed by atoms with Crippen molar-refractivity contribution in [1.29, 1.82) is 0 Å². The molecule has 0 aromatic heterocycles. The molecule has 200 valence electrons. The number of anilines is 1. The predicted molar refractivity (Wildman–Crippen MR) is 151 cm³/mol. The van der Waals surface area contributed by atoms with Crippen LogP contribution in [-0.4, -0.2) is 47.6 Å². The zero-order valence-electron chi connectivity index (χ0n) is 20.8. The number of hydrogen-bond acceptors (Lipinski definition) is 8. The average molecular weight is 612 g/mol. The Morgan fingerprint density at radius 2 is 1.85 bits per heavy atom. The van der Waals surface area contributed by atoms with Crippen molar-refractivity contribution in [3.63, 3.8) is 0 Å². The molecule has 3 aromatic rings. The predicted octanol–water partition coefficient (Wildman–Crippen LogP) is 5.09. The van der Waals surface area contributed by atoms with Crippen LogP contribution in [0.3, 0.4) is 0 Å². The Kier molecular flexibility index (Phi) is 8.57. The average Bonchev–Trinajstić information content (AvgIpc) is 3.16. The van der Waals surface area contributed by atoms with Crippen molar-refractivity contribution < 1.29 is 28.7 Å². The SMILES string of the molecule is COC(=O)CN1C(=S)N(c2ccc(OC)cc2)C(=O)/C1=C/c1ccc(OCc2cccc([N+](=O)[O-])c2)c(Br)c1. The first-order chi connectivity index (χ1) is 18.7. The lowest BCUT2D eigenvalue weighted by Crippen LogP contribution is -2.35. The Morgan fingerprint density at radius 1 is 1.10 bits per heavy atom. The number of non-ortho nitro benzene ring substituents is 1. The Balaban J connectivity index is 1.59. The van der Waals surface area contributed by atoms with Gasteiger partial charge in [-0.1, -0.05) is 18.2 Å². The van der Waals surface area contributed by atoms with E-state index in [0.29, 0.717) is 32.8 Å². The van der Waals surface area contributed by atoms with Gasteiger partial charge < -0.3 is 19.1 Å². The van der Waals surface area contributed by atoms with Gasteiger partial charge in [-0.2, -0.15) is 0 Å². The number of nitro groups is 1. The van der Waals surface area contributed by atoms with Gasteiger partial charge in [0, 0.05) is 12.1 Å². The van der Waals surface area contributed by atoms with Crippen LogP contribution in [0.25, 0.3) is 6.08 Å². The number of nitro benzene ring substituents is 1. The van der Waals surface area contributed by atoms with Gasteiger partial charge in [-0.05, 0) is 81.7 Å². The summed E-state index contributed by atoms with van der Waals surface area (Å²) in [5.74, 6) is 0.161. The molecule has 0 radical (unpaired) electrons. The van der Waals surface area contributed by atoms with E-state index in [0.717, 1.165) is 0 Å². The summed E-state index contributed by atoms with van der Waals surface area (Å²) in [5, 5.41) is 11.2. The third-order valence-electron chi connectivity index (χ3n) is 5.76. The number of carbonyl (C=O) groups excluding carboxylic acids is 2. The fraction of sp³-hybridized carbons (Fsp3) is 0.148. The van der Waals surface area contributed by atoms with E-state index in [1.54, 1.807) is 67.8 Å². The highest BCUT2D eigenvalue weighted by molar-refractivity contribution is 9.10. The first-order valence-corrected chi connectivity index (χ1v) is 12.7. The van der Waals surface area contributed by atoms with Gasteiger partial charge in [0.2, 0.25) is 0 Å². The highest BCUT2D eigenvalue weighted by Crippen LogP contribution is 2.32. The number of benzene rings is 3. The van der Waals surface area contributed by atoms with Gasteiger partial charge in [-0.3, -0.25) is 24.6 Å². The molecule has 0 N–H and O–H groups in total. The molecule has 1 aliphatic rings. The summed E-state index contributed by atoms with van der Waals surface area (Å²) >= 11 is 9.05. The van der Waals surface area contributed by atoms with Crippen LogP contribution in [0.5, 0.6) is 11.5 Å². The maximum absolute atomic E-state index is 13.5. The number of rotatable bonds is 9. The molecule has 3 aromatic carbocycles. The minimum absolute atomic E-state index is 0.0172. The lowest BCUT2D eigenvalue weighted by Gasteiger charge is -2.19. The second-order valence-electron chi connectivity index (χ2n) is 8.22. The van der Waals surface area contributed by atoms with Gasteiger partial charge in [-0.25, -0.2) is 0 Å². The molecule has 0 spiro atoms. The van der Waals surface area contributed by atoms with Crippen LogP contribution in [0.15, 0.2) is 76.9 Å². The number of hydrogen-bond donors (Lipinski definition) is 0. The Hall–Kier alpha value is -4.29. The molecule has 1 heterocycles. The summed E-state index contributed by atoms with van der Waals surface area (Å²) in [6.45, 7) is -0.123. The van der Waals surface area contributed by atoms with E-state index in [2.05, 4.69) is 15.9 Å². The summed E-state index contributed by atoms with van der Waals surface area (Å²) in [4.78, 5) is 39.0. The molecule has 0 saturated carbocycles. The number of esters is 1. The second-order valence-corrected chi connectivity index (χ2v) is 9.44. The second kappa shape index (κ2) is 12.0. The van der Waals surface area contributed by atoms with E-state index in [1.165, 1.54) is 29.0 Å². The Labute approximate surface area is 237 Å². The maximum Gasteiger partial charge on any atom is 0.325 e. The van der Waals surface area contributed by atoms with Crippen molar-refractivity contribution in [2.24, 2.45) is 0 Å². The molecular formula is C27H22BrN3O7S. The number of ether oxygens (including phenoxy) is 3. The van der Waals surface area contributed by atoms with E-state index in [9.17, 15) is 19.7 Å². The van der Waals surface area contributed by atoms with Crippen LogP contribution in [-0.2, 0) is 20.9 Å². The number of nitrogens with zero attached hydrogens (tertiary/aromatic N) is 3. The van der Waals surface area contributed by atoms with E-state index in [4.69, 9.17) is 26.4 Å². The first-order valence-electron chi connectivity index (χ1n) is 11.5. The van der Waals surface area contributed by atoms with Gasteiger partial charge in [0.1, 0.15) is 30.3 Å². The molecule has 1 aliphatic heterocycles. The van der Waals surface area contributed by atoms with Crippen molar-refractivity contribution in [3.8, 4) is 11.5 Å². The highest BCUT2D eigenvalue weighted by atomic mass is 79.9. The molecule has 39 heavy (non-hydrogen) atoms. The lowest BCUT2D eigenvalue weighted by atomic mass is 10.1. The van der Waals surface area contributed by atoms with Gasteiger partial charge in [0.15, 0.2) is 5.11 Å². The molecule has 1 fully saturated rings. The summed E-state index contributed by atoms with van der Waals surface area (Å²) in [5.41, 5.74) is 1.98. The maximum atomic E-state index is 13.5. The van der Waals surface area contributed by atoms with Crippen LogP contribution < -0.4 is 14.4 Å². The summed E-state index contributed by atoms with van der Waals surface area (Å²) < 4.78 is 16.4. The van der Waals surface area contributed by atoms with Crippen molar-refractivity contribution in [3.05, 3.63) is 98.1 Å². The van der Waals surface area contributed by atoms with E-state index in [-0.39, 0.29) is 29.6 Å². The fourth-order valence-electron chi connectivity index (χ4n) is 3.79. The van der Waals surface area contributed by atoms with Crippen LogP contribution in [0.4, 0.5) is 11.4 Å². The third kappa shape index (κ3) is 6.24.